The van der Waals surface area contributed by atoms with Gasteiger partial charge in [-0.1, -0.05) is 30.1 Å². The first kappa shape index (κ1) is 16.7. The summed E-state index contributed by atoms with van der Waals surface area (Å²) < 4.78 is 5.56. The minimum absolute atomic E-state index is 0.219. The molecule has 24 heavy (non-hydrogen) atoms. The Morgan fingerprint density at radius 3 is 2.50 bits per heavy atom. The Labute approximate surface area is 148 Å². The molecule has 0 saturated carbocycles. The summed E-state index contributed by atoms with van der Waals surface area (Å²) in [7, 11) is 0. The van der Waals surface area contributed by atoms with Gasteiger partial charge >= 0.3 is 5.69 Å². The normalized spacial score (nSPS) is 11.0. The maximum absolute atomic E-state index is 11.3. The fourth-order valence-electron chi connectivity index (χ4n) is 2.40. The third-order valence-electron chi connectivity index (χ3n) is 3.52. The molecule has 0 spiro atoms. The van der Waals surface area contributed by atoms with Crippen LogP contribution in [0.3, 0.4) is 0 Å². The fraction of sp³-hybridized carbons (Fsp3) is 0.235. The summed E-state index contributed by atoms with van der Waals surface area (Å²) in [5.74, 6) is 0.523. The summed E-state index contributed by atoms with van der Waals surface area (Å²) in [6.45, 7) is 3.15. The largest absolute Gasteiger partial charge is 0.490 e. The van der Waals surface area contributed by atoms with Gasteiger partial charge < -0.3 is 20.0 Å². The molecule has 3 aromatic rings. The van der Waals surface area contributed by atoms with E-state index in [9.17, 15) is 4.79 Å². The number of imidazole rings is 1. The van der Waals surface area contributed by atoms with Crippen molar-refractivity contribution >= 4 is 39.9 Å². The zero-order valence-corrected chi connectivity index (χ0v) is 14.6. The second-order valence-corrected chi connectivity index (χ2v) is 6.24. The van der Waals surface area contributed by atoms with Crippen LogP contribution >= 0.6 is 23.2 Å². The first-order chi connectivity index (χ1) is 11.6. The van der Waals surface area contributed by atoms with E-state index in [2.05, 4.69) is 15.3 Å². The van der Waals surface area contributed by atoms with Crippen LogP contribution < -0.4 is 15.7 Å². The van der Waals surface area contributed by atoms with Crippen LogP contribution in [0.5, 0.6) is 5.75 Å². The first-order valence-corrected chi connectivity index (χ1v) is 8.39. The van der Waals surface area contributed by atoms with Crippen LogP contribution in [0.1, 0.15) is 18.9 Å². The van der Waals surface area contributed by atoms with E-state index in [1.54, 1.807) is 0 Å². The number of fused-ring (bicyclic) bond motifs is 1. The van der Waals surface area contributed by atoms with Crippen LogP contribution in [0.15, 0.2) is 35.1 Å². The molecule has 0 fully saturated rings. The van der Waals surface area contributed by atoms with Gasteiger partial charge in [0.2, 0.25) is 0 Å². The van der Waals surface area contributed by atoms with Crippen molar-refractivity contribution in [2.24, 2.45) is 0 Å². The summed E-state index contributed by atoms with van der Waals surface area (Å²) in [4.78, 5) is 16.7. The van der Waals surface area contributed by atoms with Gasteiger partial charge in [0.1, 0.15) is 0 Å². The molecule has 5 nitrogen and oxygen atoms in total. The minimum atomic E-state index is -0.219. The minimum Gasteiger partial charge on any atom is -0.490 e. The monoisotopic (exact) mass is 365 g/mol. The lowest BCUT2D eigenvalue weighted by Crippen LogP contribution is -2.01. The molecule has 1 heterocycles. The van der Waals surface area contributed by atoms with E-state index in [1.165, 1.54) is 0 Å². The Morgan fingerprint density at radius 1 is 1.08 bits per heavy atom. The second kappa shape index (κ2) is 7.20. The lowest BCUT2D eigenvalue weighted by atomic mass is 10.2. The number of halogens is 2. The third kappa shape index (κ3) is 3.68. The maximum Gasteiger partial charge on any atom is 0.323 e. The van der Waals surface area contributed by atoms with Gasteiger partial charge in [-0.2, -0.15) is 0 Å². The SMILES string of the molecule is CCCOc1c(Cl)cc(CNc2ccc3[nH]c(=O)[nH]c3c2)cc1Cl. The number of H-pyrrole nitrogens is 2. The Kier molecular flexibility index (Phi) is 5.02. The second-order valence-electron chi connectivity index (χ2n) is 5.43. The summed E-state index contributed by atoms with van der Waals surface area (Å²) in [5, 5.41) is 4.28. The van der Waals surface area contributed by atoms with E-state index in [-0.39, 0.29) is 5.69 Å². The average molecular weight is 366 g/mol. The van der Waals surface area contributed by atoms with Crippen molar-refractivity contribution < 1.29 is 4.74 Å². The third-order valence-corrected chi connectivity index (χ3v) is 4.08. The highest BCUT2D eigenvalue weighted by Crippen LogP contribution is 2.34. The van der Waals surface area contributed by atoms with Crippen molar-refractivity contribution in [3.8, 4) is 5.75 Å². The van der Waals surface area contributed by atoms with Crippen LogP contribution in [0.4, 0.5) is 5.69 Å². The van der Waals surface area contributed by atoms with Crippen molar-refractivity contribution in [1.29, 1.82) is 0 Å². The number of hydrogen-bond donors (Lipinski definition) is 3. The van der Waals surface area contributed by atoms with Crippen LogP contribution in [0.25, 0.3) is 11.0 Å². The molecule has 0 atom stereocenters. The lowest BCUT2D eigenvalue weighted by molar-refractivity contribution is 0.318. The van der Waals surface area contributed by atoms with Gasteiger partial charge in [-0.3, -0.25) is 0 Å². The molecule has 0 bridgehead atoms. The lowest BCUT2D eigenvalue weighted by Gasteiger charge is -2.12. The van der Waals surface area contributed by atoms with Crippen LogP contribution in [-0.4, -0.2) is 16.6 Å². The number of anilines is 1. The summed E-state index contributed by atoms with van der Waals surface area (Å²) >= 11 is 12.5. The van der Waals surface area contributed by atoms with Crippen molar-refractivity contribution in [2.45, 2.75) is 19.9 Å². The van der Waals surface area contributed by atoms with E-state index >= 15 is 0 Å². The summed E-state index contributed by atoms with van der Waals surface area (Å²) in [5.41, 5.74) is 3.13. The molecule has 0 aliphatic heterocycles. The van der Waals surface area contributed by atoms with Crippen molar-refractivity contribution in [2.75, 3.05) is 11.9 Å². The Balaban J connectivity index is 1.74. The topological polar surface area (TPSA) is 69.9 Å². The smallest absolute Gasteiger partial charge is 0.323 e. The van der Waals surface area contributed by atoms with Gasteiger partial charge in [0, 0.05) is 12.2 Å². The highest BCUT2D eigenvalue weighted by atomic mass is 35.5. The highest BCUT2D eigenvalue weighted by Gasteiger charge is 2.10. The highest BCUT2D eigenvalue weighted by molar-refractivity contribution is 6.37. The number of aromatic amines is 2. The molecule has 0 saturated heterocycles. The molecule has 126 valence electrons. The van der Waals surface area contributed by atoms with E-state index < -0.39 is 0 Å². The number of ether oxygens (including phenoxy) is 1. The molecule has 0 radical (unpaired) electrons. The molecule has 3 rings (SSSR count). The average Bonchev–Trinajstić information content (AvgIpc) is 2.91. The Bertz CT molecular complexity index is 895. The Hall–Kier alpha value is -2.11. The standard InChI is InChI=1S/C17H17Cl2N3O2/c1-2-5-24-16-12(18)6-10(7-13(16)19)9-20-11-3-4-14-15(8-11)22-17(23)21-14/h3-4,6-8,20H,2,5,9H2,1H3,(H2,21,22,23). The molecule has 0 amide bonds. The van der Waals surface area contributed by atoms with E-state index in [0.29, 0.717) is 28.9 Å². The van der Waals surface area contributed by atoms with Gasteiger partial charge in [-0.05, 0) is 42.3 Å². The molecule has 0 unspecified atom stereocenters. The van der Waals surface area contributed by atoms with E-state index in [1.807, 2.05) is 37.3 Å². The molecular formula is C17H17Cl2N3O2. The first-order valence-electron chi connectivity index (χ1n) is 7.63. The van der Waals surface area contributed by atoms with Gasteiger partial charge in [0.05, 0.1) is 27.7 Å². The predicted molar refractivity (Wildman–Crippen MR) is 98.5 cm³/mol. The van der Waals surface area contributed by atoms with Gasteiger partial charge in [0.25, 0.3) is 0 Å². The zero-order chi connectivity index (χ0) is 17.1. The van der Waals surface area contributed by atoms with Gasteiger partial charge in [-0.25, -0.2) is 4.79 Å². The number of benzene rings is 2. The number of hydrogen-bond acceptors (Lipinski definition) is 3. The molecule has 1 aromatic heterocycles. The molecular weight excluding hydrogens is 349 g/mol. The zero-order valence-electron chi connectivity index (χ0n) is 13.1. The number of aromatic nitrogens is 2. The van der Waals surface area contributed by atoms with Crippen molar-refractivity contribution in [3.05, 3.63) is 56.4 Å². The number of nitrogens with one attached hydrogen (secondary N) is 3. The fourth-order valence-corrected chi connectivity index (χ4v) is 3.04. The number of rotatable bonds is 6. The molecule has 0 aliphatic rings. The van der Waals surface area contributed by atoms with Crippen molar-refractivity contribution in [3.63, 3.8) is 0 Å². The predicted octanol–water partition coefficient (Wildman–Crippen LogP) is 4.56. The maximum atomic E-state index is 11.3. The Morgan fingerprint density at radius 2 is 1.79 bits per heavy atom. The molecule has 3 N–H and O–H groups in total. The van der Waals surface area contributed by atoms with Crippen LogP contribution in [0.2, 0.25) is 10.0 Å². The van der Waals surface area contributed by atoms with E-state index in [0.717, 1.165) is 28.7 Å². The van der Waals surface area contributed by atoms with Gasteiger partial charge in [-0.15, -0.1) is 0 Å². The molecule has 7 heteroatoms. The van der Waals surface area contributed by atoms with Crippen LogP contribution in [-0.2, 0) is 6.54 Å². The molecule has 0 aliphatic carbocycles. The quantitative estimate of drug-likeness (QED) is 0.599. The van der Waals surface area contributed by atoms with Crippen molar-refractivity contribution in [1.82, 2.24) is 9.97 Å². The van der Waals surface area contributed by atoms with Crippen LogP contribution in [0, 0.1) is 0 Å². The molecule has 2 aromatic carbocycles. The summed E-state index contributed by atoms with van der Waals surface area (Å²) in [6.07, 6.45) is 0.889. The van der Waals surface area contributed by atoms with Gasteiger partial charge in [0.15, 0.2) is 5.75 Å². The van der Waals surface area contributed by atoms with E-state index in [4.69, 9.17) is 27.9 Å². The summed E-state index contributed by atoms with van der Waals surface area (Å²) in [6, 6.07) is 9.28.